The number of alkyl halides is 1. The minimum atomic E-state index is 0.464. The minimum absolute atomic E-state index is 0.464. The zero-order valence-corrected chi connectivity index (χ0v) is 12.9. The lowest BCUT2D eigenvalue weighted by atomic mass is 10.2. The summed E-state index contributed by atoms with van der Waals surface area (Å²) in [5, 5.41) is 1.41. The summed E-state index contributed by atoms with van der Waals surface area (Å²) in [6.07, 6.45) is 0. The third-order valence-corrected chi connectivity index (χ3v) is 3.58. The monoisotopic (exact) mass is 340 g/mol. The molecule has 4 heteroatoms. The van der Waals surface area contributed by atoms with Crippen LogP contribution in [0.15, 0.2) is 42.5 Å². The van der Waals surface area contributed by atoms with Crippen LogP contribution in [-0.2, 0) is 11.9 Å². The molecule has 0 fully saturated rings. The molecule has 0 aromatic heterocycles. The molecule has 2 aromatic rings. The molecule has 19 heavy (non-hydrogen) atoms. The molecular formula is C15H14BrClO2. The lowest BCUT2D eigenvalue weighted by molar-refractivity contribution is 0.294. The van der Waals surface area contributed by atoms with Gasteiger partial charge in [-0.15, -0.1) is 0 Å². The van der Waals surface area contributed by atoms with E-state index in [0.717, 1.165) is 22.6 Å². The Labute approximate surface area is 126 Å². The average molecular weight is 342 g/mol. The van der Waals surface area contributed by atoms with Crippen LogP contribution in [0.2, 0.25) is 5.02 Å². The summed E-state index contributed by atoms with van der Waals surface area (Å²) in [7, 11) is 1.66. The normalized spacial score (nSPS) is 10.3. The van der Waals surface area contributed by atoms with Gasteiger partial charge in [-0.25, -0.2) is 0 Å². The van der Waals surface area contributed by atoms with Gasteiger partial charge in [0.2, 0.25) is 0 Å². The Morgan fingerprint density at radius 2 is 1.84 bits per heavy atom. The van der Waals surface area contributed by atoms with E-state index in [-0.39, 0.29) is 0 Å². The number of rotatable bonds is 5. The highest BCUT2D eigenvalue weighted by Gasteiger charge is 2.06. The maximum atomic E-state index is 5.96. The zero-order chi connectivity index (χ0) is 13.7. The second-order valence-electron chi connectivity index (χ2n) is 3.99. The van der Waals surface area contributed by atoms with E-state index in [9.17, 15) is 0 Å². The lowest BCUT2D eigenvalue weighted by Crippen LogP contribution is -2.00. The van der Waals surface area contributed by atoms with E-state index >= 15 is 0 Å². The first kappa shape index (κ1) is 14.2. The summed E-state index contributed by atoms with van der Waals surface area (Å²) in [4.78, 5) is 0. The summed E-state index contributed by atoms with van der Waals surface area (Å²) in [5.74, 6) is 1.66. The first-order chi connectivity index (χ1) is 9.24. The van der Waals surface area contributed by atoms with Gasteiger partial charge in [0, 0.05) is 21.5 Å². The van der Waals surface area contributed by atoms with Gasteiger partial charge in [0.15, 0.2) is 0 Å². The fourth-order valence-corrected chi connectivity index (χ4v) is 2.40. The van der Waals surface area contributed by atoms with Crippen LogP contribution in [-0.4, -0.2) is 7.11 Å². The van der Waals surface area contributed by atoms with E-state index in [1.54, 1.807) is 7.11 Å². The van der Waals surface area contributed by atoms with Gasteiger partial charge >= 0.3 is 0 Å². The number of hydrogen-bond acceptors (Lipinski definition) is 2. The standard InChI is InChI=1S/C15H14BrClO2/c1-18-14-5-3-2-4-11(14)10-19-15-7-6-13(17)8-12(15)9-16/h2-8H,9-10H2,1H3. The van der Waals surface area contributed by atoms with Crippen molar-refractivity contribution >= 4 is 27.5 Å². The van der Waals surface area contributed by atoms with Gasteiger partial charge in [0.05, 0.1) is 7.11 Å². The minimum Gasteiger partial charge on any atom is -0.496 e. The zero-order valence-electron chi connectivity index (χ0n) is 10.5. The van der Waals surface area contributed by atoms with Gasteiger partial charge < -0.3 is 9.47 Å². The Morgan fingerprint density at radius 3 is 2.58 bits per heavy atom. The van der Waals surface area contributed by atoms with Gasteiger partial charge in [-0.2, -0.15) is 0 Å². The summed E-state index contributed by atoms with van der Waals surface area (Å²) in [5.41, 5.74) is 2.04. The van der Waals surface area contributed by atoms with Crippen molar-refractivity contribution < 1.29 is 9.47 Å². The van der Waals surface area contributed by atoms with Crippen LogP contribution in [0.5, 0.6) is 11.5 Å². The molecule has 0 saturated carbocycles. The molecule has 2 rings (SSSR count). The first-order valence-electron chi connectivity index (χ1n) is 5.83. The third kappa shape index (κ3) is 3.64. The molecule has 0 heterocycles. The molecule has 0 unspecified atom stereocenters. The average Bonchev–Trinajstić information content (AvgIpc) is 2.46. The molecule has 0 atom stereocenters. The molecule has 0 spiro atoms. The molecule has 0 aliphatic heterocycles. The summed E-state index contributed by atoms with van der Waals surface area (Å²) >= 11 is 9.40. The maximum absolute atomic E-state index is 5.96. The smallest absolute Gasteiger partial charge is 0.125 e. The fraction of sp³-hybridized carbons (Fsp3) is 0.200. The van der Waals surface area contributed by atoms with E-state index in [0.29, 0.717) is 17.0 Å². The summed E-state index contributed by atoms with van der Waals surface area (Å²) in [6.45, 7) is 0.464. The third-order valence-electron chi connectivity index (χ3n) is 2.74. The maximum Gasteiger partial charge on any atom is 0.125 e. The molecule has 0 saturated heterocycles. The molecular weight excluding hydrogens is 328 g/mol. The van der Waals surface area contributed by atoms with E-state index in [1.807, 2.05) is 42.5 Å². The van der Waals surface area contributed by atoms with Gasteiger partial charge in [0.1, 0.15) is 18.1 Å². The Hall–Kier alpha value is -1.19. The van der Waals surface area contributed by atoms with Gasteiger partial charge in [-0.3, -0.25) is 0 Å². The molecule has 0 radical (unpaired) electrons. The van der Waals surface area contributed by atoms with Crippen LogP contribution >= 0.6 is 27.5 Å². The molecule has 2 aromatic carbocycles. The van der Waals surface area contributed by atoms with Crippen molar-refractivity contribution in [3.8, 4) is 11.5 Å². The van der Waals surface area contributed by atoms with Crippen molar-refractivity contribution in [1.29, 1.82) is 0 Å². The molecule has 0 aliphatic carbocycles. The van der Waals surface area contributed by atoms with Crippen molar-refractivity contribution in [2.45, 2.75) is 11.9 Å². The summed E-state index contributed by atoms with van der Waals surface area (Å²) in [6, 6.07) is 13.4. The number of hydrogen-bond donors (Lipinski definition) is 0. The Bertz CT molecular complexity index is 558. The highest BCUT2D eigenvalue weighted by atomic mass is 79.9. The lowest BCUT2D eigenvalue weighted by Gasteiger charge is -2.12. The van der Waals surface area contributed by atoms with Crippen molar-refractivity contribution in [1.82, 2.24) is 0 Å². The van der Waals surface area contributed by atoms with Gasteiger partial charge in [-0.1, -0.05) is 45.7 Å². The van der Waals surface area contributed by atoms with Crippen LogP contribution in [0.25, 0.3) is 0 Å². The van der Waals surface area contributed by atoms with E-state index in [2.05, 4.69) is 15.9 Å². The number of benzene rings is 2. The van der Waals surface area contributed by atoms with Gasteiger partial charge in [0.25, 0.3) is 0 Å². The first-order valence-corrected chi connectivity index (χ1v) is 7.33. The molecule has 0 aliphatic rings. The SMILES string of the molecule is COc1ccccc1COc1ccc(Cl)cc1CBr. The second kappa shape index (κ2) is 6.83. The van der Waals surface area contributed by atoms with Crippen LogP contribution in [0.1, 0.15) is 11.1 Å². The Morgan fingerprint density at radius 1 is 1.05 bits per heavy atom. The molecule has 2 nitrogen and oxygen atoms in total. The highest BCUT2D eigenvalue weighted by molar-refractivity contribution is 9.08. The number of halogens is 2. The summed E-state index contributed by atoms with van der Waals surface area (Å²) < 4.78 is 11.1. The molecule has 0 amide bonds. The Balaban J connectivity index is 2.14. The molecule has 100 valence electrons. The van der Waals surface area contributed by atoms with Crippen molar-refractivity contribution in [2.24, 2.45) is 0 Å². The van der Waals surface area contributed by atoms with Crippen LogP contribution < -0.4 is 9.47 Å². The van der Waals surface area contributed by atoms with Crippen LogP contribution in [0.3, 0.4) is 0 Å². The number of para-hydroxylation sites is 1. The van der Waals surface area contributed by atoms with E-state index in [1.165, 1.54) is 0 Å². The van der Waals surface area contributed by atoms with E-state index < -0.39 is 0 Å². The van der Waals surface area contributed by atoms with Crippen molar-refractivity contribution in [3.63, 3.8) is 0 Å². The number of methoxy groups -OCH3 is 1. The molecule has 0 N–H and O–H groups in total. The van der Waals surface area contributed by atoms with E-state index in [4.69, 9.17) is 21.1 Å². The number of ether oxygens (including phenoxy) is 2. The van der Waals surface area contributed by atoms with Crippen molar-refractivity contribution in [2.75, 3.05) is 7.11 Å². The predicted octanol–water partition coefficient (Wildman–Crippen LogP) is 4.82. The fourth-order valence-electron chi connectivity index (χ4n) is 1.77. The van der Waals surface area contributed by atoms with Crippen molar-refractivity contribution in [3.05, 3.63) is 58.6 Å². The topological polar surface area (TPSA) is 18.5 Å². The molecule has 0 bridgehead atoms. The quantitative estimate of drug-likeness (QED) is 0.726. The second-order valence-corrected chi connectivity index (χ2v) is 4.98. The van der Waals surface area contributed by atoms with Gasteiger partial charge in [-0.05, 0) is 24.3 Å². The predicted molar refractivity (Wildman–Crippen MR) is 81.4 cm³/mol. The Kier molecular flexibility index (Phi) is 5.11. The van der Waals surface area contributed by atoms with Crippen LogP contribution in [0, 0.1) is 0 Å². The van der Waals surface area contributed by atoms with Crippen LogP contribution in [0.4, 0.5) is 0 Å². The highest BCUT2D eigenvalue weighted by Crippen LogP contribution is 2.27. The largest absolute Gasteiger partial charge is 0.496 e.